The maximum absolute atomic E-state index is 12.9. The molecule has 1 unspecified atom stereocenters. The first-order chi connectivity index (χ1) is 10.0. The monoisotopic (exact) mass is 286 g/mol. The highest BCUT2D eigenvalue weighted by atomic mass is 19.1. The van der Waals surface area contributed by atoms with Crippen molar-refractivity contribution >= 4 is 5.69 Å². The Kier molecular flexibility index (Phi) is 5.34. The van der Waals surface area contributed by atoms with Gasteiger partial charge in [0, 0.05) is 18.3 Å². The quantitative estimate of drug-likeness (QED) is 0.865. The Morgan fingerprint density at radius 1 is 0.952 bits per heavy atom. The van der Waals surface area contributed by atoms with Crippen LogP contribution in [0.1, 0.15) is 18.1 Å². The van der Waals surface area contributed by atoms with E-state index in [9.17, 15) is 4.39 Å². The van der Waals surface area contributed by atoms with Crippen molar-refractivity contribution in [2.24, 2.45) is 0 Å². The Bertz CT molecular complexity index is 546. The van der Waals surface area contributed by atoms with E-state index >= 15 is 0 Å². The zero-order chi connectivity index (χ0) is 15.2. The van der Waals surface area contributed by atoms with E-state index in [1.807, 2.05) is 12.1 Å². The van der Waals surface area contributed by atoms with Gasteiger partial charge in [0.25, 0.3) is 0 Å². The largest absolute Gasteiger partial charge is 0.382 e. The van der Waals surface area contributed by atoms with Gasteiger partial charge in [0.15, 0.2) is 0 Å². The summed E-state index contributed by atoms with van der Waals surface area (Å²) in [6.45, 7) is 3.09. The molecule has 1 atom stereocenters. The van der Waals surface area contributed by atoms with Crippen LogP contribution in [0, 0.1) is 5.82 Å². The van der Waals surface area contributed by atoms with E-state index in [4.69, 9.17) is 0 Å². The fourth-order valence-corrected chi connectivity index (χ4v) is 2.38. The van der Waals surface area contributed by atoms with Crippen molar-refractivity contribution in [2.45, 2.75) is 25.9 Å². The van der Waals surface area contributed by atoms with Crippen molar-refractivity contribution in [3.8, 4) is 0 Å². The van der Waals surface area contributed by atoms with Crippen molar-refractivity contribution in [3.05, 3.63) is 65.5 Å². The maximum atomic E-state index is 12.9. The van der Waals surface area contributed by atoms with Gasteiger partial charge in [-0.15, -0.1) is 0 Å². The van der Waals surface area contributed by atoms with Crippen LogP contribution in [0.2, 0.25) is 0 Å². The van der Waals surface area contributed by atoms with Crippen LogP contribution in [0.3, 0.4) is 0 Å². The first-order valence-corrected chi connectivity index (χ1v) is 7.27. The first-order valence-electron chi connectivity index (χ1n) is 7.27. The summed E-state index contributed by atoms with van der Waals surface area (Å²) in [7, 11) is 4.13. The standard InChI is InChI=1S/C18H23FN2/c1-14(12-15-4-8-17(19)9-5-15)20-18-10-6-16(7-11-18)13-21(2)3/h4-11,14,20H,12-13H2,1-3H3. The Morgan fingerprint density at radius 3 is 2.10 bits per heavy atom. The van der Waals surface area contributed by atoms with E-state index in [0.717, 1.165) is 24.2 Å². The van der Waals surface area contributed by atoms with E-state index in [0.29, 0.717) is 6.04 Å². The van der Waals surface area contributed by atoms with E-state index in [2.05, 4.69) is 55.5 Å². The molecule has 0 spiro atoms. The molecule has 0 aliphatic carbocycles. The molecule has 0 aliphatic heterocycles. The molecule has 0 bridgehead atoms. The lowest BCUT2D eigenvalue weighted by atomic mass is 10.1. The predicted octanol–water partition coefficient (Wildman–Crippen LogP) is 3.93. The van der Waals surface area contributed by atoms with E-state index in [1.165, 1.54) is 17.7 Å². The molecule has 0 saturated heterocycles. The number of hydrogen-bond acceptors (Lipinski definition) is 2. The van der Waals surface area contributed by atoms with E-state index < -0.39 is 0 Å². The van der Waals surface area contributed by atoms with Crippen molar-refractivity contribution in [1.82, 2.24) is 4.90 Å². The summed E-state index contributed by atoms with van der Waals surface area (Å²) in [6.07, 6.45) is 0.875. The van der Waals surface area contributed by atoms with Gasteiger partial charge < -0.3 is 10.2 Å². The molecular formula is C18H23FN2. The minimum Gasteiger partial charge on any atom is -0.382 e. The molecule has 0 aromatic heterocycles. The fourth-order valence-electron chi connectivity index (χ4n) is 2.38. The molecule has 2 aromatic rings. The summed E-state index contributed by atoms with van der Waals surface area (Å²) >= 11 is 0. The summed E-state index contributed by atoms with van der Waals surface area (Å²) in [5.74, 6) is -0.184. The van der Waals surface area contributed by atoms with Crippen LogP contribution in [0.25, 0.3) is 0 Å². The number of anilines is 1. The Labute approximate surface area is 126 Å². The van der Waals surface area contributed by atoms with Crippen molar-refractivity contribution in [1.29, 1.82) is 0 Å². The summed E-state index contributed by atoms with van der Waals surface area (Å²) < 4.78 is 12.9. The molecule has 2 rings (SSSR count). The van der Waals surface area contributed by atoms with Gasteiger partial charge >= 0.3 is 0 Å². The third-order valence-corrected chi connectivity index (χ3v) is 3.32. The van der Waals surface area contributed by atoms with Gasteiger partial charge in [0.05, 0.1) is 0 Å². The molecule has 1 N–H and O–H groups in total. The van der Waals surface area contributed by atoms with Gasteiger partial charge in [-0.3, -0.25) is 0 Å². The summed E-state index contributed by atoms with van der Waals surface area (Å²) in [4.78, 5) is 2.15. The minimum absolute atomic E-state index is 0.184. The second kappa shape index (κ2) is 7.23. The molecule has 2 aromatic carbocycles. The van der Waals surface area contributed by atoms with Crippen molar-refractivity contribution in [2.75, 3.05) is 19.4 Å². The van der Waals surface area contributed by atoms with Gasteiger partial charge in [0.1, 0.15) is 5.82 Å². The van der Waals surface area contributed by atoms with Crippen LogP contribution in [0.5, 0.6) is 0 Å². The van der Waals surface area contributed by atoms with Crippen LogP contribution in [-0.2, 0) is 13.0 Å². The molecule has 21 heavy (non-hydrogen) atoms. The molecule has 0 aliphatic rings. The molecule has 0 fully saturated rings. The molecule has 0 saturated carbocycles. The zero-order valence-electron chi connectivity index (χ0n) is 12.9. The number of hydrogen-bond donors (Lipinski definition) is 1. The van der Waals surface area contributed by atoms with E-state index in [1.54, 1.807) is 0 Å². The highest BCUT2D eigenvalue weighted by Crippen LogP contribution is 2.14. The smallest absolute Gasteiger partial charge is 0.123 e. The number of rotatable bonds is 6. The minimum atomic E-state index is -0.184. The van der Waals surface area contributed by atoms with Crippen LogP contribution in [0.4, 0.5) is 10.1 Å². The number of benzene rings is 2. The highest BCUT2D eigenvalue weighted by molar-refractivity contribution is 5.45. The molecule has 0 amide bonds. The average molecular weight is 286 g/mol. The van der Waals surface area contributed by atoms with Crippen molar-refractivity contribution < 1.29 is 4.39 Å². The lowest BCUT2D eigenvalue weighted by Crippen LogP contribution is -2.18. The van der Waals surface area contributed by atoms with E-state index in [-0.39, 0.29) is 5.82 Å². The lowest BCUT2D eigenvalue weighted by Gasteiger charge is -2.16. The van der Waals surface area contributed by atoms with Gasteiger partial charge in [0.2, 0.25) is 0 Å². The molecule has 0 radical (unpaired) electrons. The van der Waals surface area contributed by atoms with Gasteiger partial charge in [-0.2, -0.15) is 0 Å². The number of halogens is 1. The van der Waals surface area contributed by atoms with Gasteiger partial charge in [-0.05, 0) is 62.8 Å². The van der Waals surface area contributed by atoms with Gasteiger partial charge in [-0.25, -0.2) is 4.39 Å². The normalized spacial score (nSPS) is 12.4. The molecule has 0 heterocycles. The number of nitrogens with one attached hydrogen (secondary N) is 1. The average Bonchev–Trinajstić information content (AvgIpc) is 2.43. The van der Waals surface area contributed by atoms with Crippen LogP contribution in [0.15, 0.2) is 48.5 Å². The predicted molar refractivity (Wildman–Crippen MR) is 87.0 cm³/mol. The fraction of sp³-hybridized carbons (Fsp3) is 0.333. The maximum Gasteiger partial charge on any atom is 0.123 e. The van der Waals surface area contributed by atoms with Crippen molar-refractivity contribution in [3.63, 3.8) is 0 Å². The SMILES string of the molecule is CC(Cc1ccc(F)cc1)Nc1ccc(CN(C)C)cc1. The highest BCUT2D eigenvalue weighted by Gasteiger charge is 2.04. The summed E-state index contributed by atoms with van der Waals surface area (Å²) in [6, 6.07) is 15.5. The zero-order valence-corrected chi connectivity index (χ0v) is 12.9. The topological polar surface area (TPSA) is 15.3 Å². The third-order valence-electron chi connectivity index (χ3n) is 3.32. The second-order valence-corrected chi connectivity index (χ2v) is 5.81. The second-order valence-electron chi connectivity index (χ2n) is 5.81. The Balaban J connectivity index is 1.90. The van der Waals surface area contributed by atoms with Crippen LogP contribution < -0.4 is 5.32 Å². The molecule has 2 nitrogen and oxygen atoms in total. The molecular weight excluding hydrogens is 263 g/mol. The lowest BCUT2D eigenvalue weighted by molar-refractivity contribution is 0.402. The summed E-state index contributed by atoms with van der Waals surface area (Å²) in [5, 5.41) is 3.48. The Hall–Kier alpha value is -1.87. The number of nitrogens with zero attached hydrogens (tertiary/aromatic N) is 1. The third kappa shape index (κ3) is 5.20. The van der Waals surface area contributed by atoms with Crippen LogP contribution in [-0.4, -0.2) is 25.0 Å². The molecule has 112 valence electrons. The van der Waals surface area contributed by atoms with Gasteiger partial charge in [-0.1, -0.05) is 24.3 Å². The van der Waals surface area contributed by atoms with Crippen LogP contribution >= 0.6 is 0 Å². The first kappa shape index (κ1) is 15.5. The Morgan fingerprint density at radius 2 is 1.52 bits per heavy atom. The molecule has 3 heteroatoms. The summed E-state index contributed by atoms with van der Waals surface area (Å²) in [5.41, 5.74) is 3.56.